The van der Waals surface area contributed by atoms with E-state index >= 15 is 0 Å². The van der Waals surface area contributed by atoms with Crippen molar-refractivity contribution in [2.75, 3.05) is 13.2 Å². The summed E-state index contributed by atoms with van der Waals surface area (Å²) in [6, 6.07) is 10.00. The zero-order valence-electron chi connectivity index (χ0n) is 12.9. The number of carbonyl (C=O) groups is 1. The first kappa shape index (κ1) is 15.7. The minimum absolute atomic E-state index is 0.0238. The molecule has 1 aromatic carbocycles. The summed E-state index contributed by atoms with van der Waals surface area (Å²) in [6.45, 7) is 1.35. The second-order valence-electron chi connectivity index (χ2n) is 5.68. The third kappa shape index (κ3) is 4.20. The van der Waals surface area contributed by atoms with Gasteiger partial charge in [-0.15, -0.1) is 0 Å². The van der Waals surface area contributed by atoms with E-state index < -0.39 is 0 Å². The topological polar surface area (TPSA) is 51.5 Å². The van der Waals surface area contributed by atoms with Crippen LogP contribution in [0.2, 0.25) is 0 Å². The van der Waals surface area contributed by atoms with E-state index in [1.807, 2.05) is 0 Å². The summed E-state index contributed by atoms with van der Waals surface area (Å²) in [5.41, 5.74) is 0.432. The minimum Gasteiger partial charge on any atom is -0.461 e. The molecule has 5 heteroatoms. The van der Waals surface area contributed by atoms with Crippen LogP contribution in [0, 0.1) is 5.82 Å². The van der Waals surface area contributed by atoms with Crippen LogP contribution >= 0.6 is 0 Å². The SMILES string of the molecule is O=C(CCc1ccc(-c2ccccc2F)o1)NC[C@@H]1CCCO1. The summed E-state index contributed by atoms with van der Waals surface area (Å²) < 4.78 is 24.8. The Balaban J connectivity index is 1.49. The van der Waals surface area contributed by atoms with E-state index in [1.54, 1.807) is 30.3 Å². The number of aryl methyl sites for hydroxylation is 1. The van der Waals surface area contributed by atoms with Gasteiger partial charge in [0.2, 0.25) is 5.91 Å². The van der Waals surface area contributed by atoms with Crippen molar-refractivity contribution in [2.45, 2.75) is 31.8 Å². The zero-order valence-corrected chi connectivity index (χ0v) is 12.9. The van der Waals surface area contributed by atoms with Gasteiger partial charge in [0, 0.05) is 26.0 Å². The zero-order chi connectivity index (χ0) is 16.1. The highest BCUT2D eigenvalue weighted by Crippen LogP contribution is 2.25. The molecule has 0 bridgehead atoms. The molecule has 1 aromatic heterocycles. The van der Waals surface area contributed by atoms with Crippen molar-refractivity contribution >= 4 is 5.91 Å². The van der Waals surface area contributed by atoms with Gasteiger partial charge in [0.15, 0.2) is 0 Å². The van der Waals surface area contributed by atoms with Crippen LogP contribution < -0.4 is 5.32 Å². The van der Waals surface area contributed by atoms with Crippen molar-refractivity contribution in [1.82, 2.24) is 5.32 Å². The molecule has 2 aromatic rings. The van der Waals surface area contributed by atoms with E-state index in [-0.39, 0.29) is 17.8 Å². The molecule has 1 amide bonds. The molecule has 1 N–H and O–H groups in total. The Morgan fingerprint density at radius 3 is 2.91 bits per heavy atom. The van der Waals surface area contributed by atoms with Crippen molar-refractivity contribution in [1.29, 1.82) is 0 Å². The first-order valence-electron chi connectivity index (χ1n) is 7.94. The van der Waals surface area contributed by atoms with Crippen molar-refractivity contribution in [3.63, 3.8) is 0 Å². The van der Waals surface area contributed by atoms with E-state index in [1.165, 1.54) is 6.07 Å². The average molecular weight is 317 g/mol. The maximum atomic E-state index is 13.7. The predicted octanol–water partition coefficient (Wildman–Crippen LogP) is 3.31. The van der Waals surface area contributed by atoms with Gasteiger partial charge in [-0.25, -0.2) is 4.39 Å². The summed E-state index contributed by atoms with van der Waals surface area (Å²) >= 11 is 0. The summed E-state index contributed by atoms with van der Waals surface area (Å²) in [5.74, 6) is 0.820. The number of nitrogens with one attached hydrogen (secondary N) is 1. The molecule has 0 unspecified atom stereocenters. The smallest absolute Gasteiger partial charge is 0.220 e. The van der Waals surface area contributed by atoms with E-state index in [0.29, 0.717) is 36.5 Å². The van der Waals surface area contributed by atoms with E-state index in [2.05, 4.69) is 5.32 Å². The van der Waals surface area contributed by atoms with E-state index in [0.717, 1.165) is 19.4 Å². The fourth-order valence-corrected chi connectivity index (χ4v) is 2.68. The third-order valence-electron chi connectivity index (χ3n) is 3.95. The Labute approximate surface area is 134 Å². The summed E-state index contributed by atoms with van der Waals surface area (Å²) in [6.07, 6.45) is 3.05. The van der Waals surface area contributed by atoms with Gasteiger partial charge in [-0.3, -0.25) is 4.79 Å². The van der Waals surface area contributed by atoms with Gasteiger partial charge in [-0.1, -0.05) is 12.1 Å². The number of hydrogen-bond acceptors (Lipinski definition) is 3. The van der Waals surface area contributed by atoms with Gasteiger partial charge < -0.3 is 14.5 Å². The van der Waals surface area contributed by atoms with Gasteiger partial charge in [0.25, 0.3) is 0 Å². The normalized spacial score (nSPS) is 17.3. The molecule has 1 atom stereocenters. The third-order valence-corrected chi connectivity index (χ3v) is 3.95. The molecule has 0 spiro atoms. The maximum absolute atomic E-state index is 13.7. The van der Waals surface area contributed by atoms with Gasteiger partial charge in [-0.05, 0) is 37.1 Å². The highest BCUT2D eigenvalue weighted by molar-refractivity contribution is 5.76. The molecule has 4 nitrogen and oxygen atoms in total. The maximum Gasteiger partial charge on any atom is 0.220 e. The van der Waals surface area contributed by atoms with Crippen LogP contribution in [0.15, 0.2) is 40.8 Å². The Bertz CT molecular complexity index is 662. The van der Waals surface area contributed by atoms with Crippen molar-refractivity contribution in [3.05, 3.63) is 48.0 Å². The van der Waals surface area contributed by atoms with Crippen molar-refractivity contribution in [3.8, 4) is 11.3 Å². The summed E-state index contributed by atoms with van der Waals surface area (Å²) in [7, 11) is 0. The fourth-order valence-electron chi connectivity index (χ4n) is 2.68. The van der Waals surface area contributed by atoms with Gasteiger partial charge in [-0.2, -0.15) is 0 Å². The molecule has 1 aliphatic rings. The Morgan fingerprint density at radius 2 is 2.13 bits per heavy atom. The van der Waals surface area contributed by atoms with Gasteiger partial charge in [0.05, 0.1) is 11.7 Å². The molecule has 23 heavy (non-hydrogen) atoms. The monoisotopic (exact) mass is 317 g/mol. The average Bonchev–Trinajstić information content (AvgIpc) is 3.23. The van der Waals surface area contributed by atoms with Crippen LogP contribution in [0.1, 0.15) is 25.0 Å². The lowest BCUT2D eigenvalue weighted by atomic mass is 10.1. The first-order chi connectivity index (χ1) is 11.2. The quantitative estimate of drug-likeness (QED) is 0.889. The molecule has 3 rings (SSSR count). The Kier molecular flexibility index (Phi) is 5.08. The number of furan rings is 1. The van der Waals surface area contributed by atoms with Crippen LogP contribution in [0.25, 0.3) is 11.3 Å². The minimum atomic E-state index is -0.317. The molecule has 1 fully saturated rings. The second-order valence-corrected chi connectivity index (χ2v) is 5.68. The van der Waals surface area contributed by atoms with Crippen LogP contribution in [0.5, 0.6) is 0 Å². The Morgan fingerprint density at radius 1 is 1.26 bits per heavy atom. The number of halogens is 1. The number of carbonyl (C=O) groups excluding carboxylic acids is 1. The van der Waals surface area contributed by atoms with Crippen molar-refractivity contribution < 1.29 is 18.3 Å². The summed E-state index contributed by atoms with van der Waals surface area (Å²) in [5, 5.41) is 2.88. The molecular formula is C18H20FNO3. The fraction of sp³-hybridized carbons (Fsp3) is 0.389. The van der Waals surface area contributed by atoms with Gasteiger partial charge in [0.1, 0.15) is 17.3 Å². The number of rotatable bonds is 6. The number of amides is 1. The highest BCUT2D eigenvalue weighted by Gasteiger charge is 2.16. The van der Waals surface area contributed by atoms with E-state index in [9.17, 15) is 9.18 Å². The molecule has 0 radical (unpaired) electrons. The molecule has 1 aliphatic heterocycles. The molecular weight excluding hydrogens is 297 g/mol. The first-order valence-corrected chi connectivity index (χ1v) is 7.94. The molecule has 1 saturated heterocycles. The van der Waals surface area contributed by atoms with Crippen molar-refractivity contribution in [2.24, 2.45) is 0 Å². The largest absolute Gasteiger partial charge is 0.461 e. The lowest BCUT2D eigenvalue weighted by Gasteiger charge is -2.10. The lowest BCUT2D eigenvalue weighted by molar-refractivity contribution is -0.121. The number of hydrogen-bond donors (Lipinski definition) is 1. The van der Waals surface area contributed by atoms with Crippen LogP contribution in [-0.2, 0) is 16.0 Å². The van der Waals surface area contributed by atoms with Gasteiger partial charge >= 0.3 is 0 Å². The Hall–Kier alpha value is -2.14. The highest BCUT2D eigenvalue weighted by atomic mass is 19.1. The second kappa shape index (κ2) is 7.42. The van der Waals surface area contributed by atoms with Crippen LogP contribution in [-0.4, -0.2) is 25.2 Å². The summed E-state index contributed by atoms with van der Waals surface area (Å²) in [4.78, 5) is 11.8. The van der Waals surface area contributed by atoms with Crippen LogP contribution in [0.4, 0.5) is 4.39 Å². The molecule has 122 valence electrons. The molecule has 0 saturated carbocycles. The lowest BCUT2D eigenvalue weighted by Crippen LogP contribution is -2.31. The molecule has 2 heterocycles. The number of ether oxygens (including phenoxy) is 1. The van der Waals surface area contributed by atoms with Crippen LogP contribution in [0.3, 0.4) is 0 Å². The standard InChI is InChI=1S/C18H20FNO3/c19-16-6-2-1-5-15(16)17-9-7-13(23-17)8-10-18(21)20-12-14-4-3-11-22-14/h1-2,5-7,9,14H,3-4,8,10-12H2,(H,20,21)/t14-/m0/s1. The van der Waals surface area contributed by atoms with E-state index in [4.69, 9.17) is 9.15 Å². The molecule has 0 aliphatic carbocycles. The predicted molar refractivity (Wildman–Crippen MR) is 84.4 cm³/mol. The number of benzene rings is 1.